The van der Waals surface area contributed by atoms with Crippen LogP contribution in [0.4, 0.5) is 10.2 Å². The Balaban J connectivity index is 2.47. The highest BCUT2D eigenvalue weighted by Gasteiger charge is 2.12. The standard InChI is InChI=1S/C15H18FN3O/c1-4-7-17-15-13(8-11(16)9-18-15)12-5-6-14(20-3)19-10(12)2/h5-6,8-9H,4,7H2,1-3H3,(H,17,18). The van der Waals surface area contributed by atoms with Crippen LogP contribution in [0, 0.1) is 12.7 Å². The third kappa shape index (κ3) is 3.04. The van der Waals surface area contributed by atoms with E-state index >= 15 is 0 Å². The number of pyridine rings is 2. The van der Waals surface area contributed by atoms with E-state index in [0.717, 1.165) is 24.2 Å². The van der Waals surface area contributed by atoms with Gasteiger partial charge in [-0.2, -0.15) is 0 Å². The summed E-state index contributed by atoms with van der Waals surface area (Å²) in [5, 5.41) is 3.21. The fourth-order valence-corrected chi connectivity index (χ4v) is 1.97. The molecule has 20 heavy (non-hydrogen) atoms. The number of ether oxygens (including phenoxy) is 1. The van der Waals surface area contributed by atoms with Crippen LogP contribution in [0.3, 0.4) is 0 Å². The summed E-state index contributed by atoms with van der Waals surface area (Å²) in [6.07, 6.45) is 2.19. The van der Waals surface area contributed by atoms with Gasteiger partial charge in [-0.3, -0.25) is 0 Å². The minimum atomic E-state index is -0.364. The zero-order valence-corrected chi connectivity index (χ0v) is 11.9. The van der Waals surface area contributed by atoms with Crippen LogP contribution in [0.2, 0.25) is 0 Å². The Morgan fingerprint density at radius 3 is 2.75 bits per heavy atom. The van der Waals surface area contributed by atoms with Crippen molar-refractivity contribution in [3.8, 4) is 17.0 Å². The molecule has 0 aliphatic heterocycles. The molecule has 106 valence electrons. The maximum atomic E-state index is 13.5. The van der Waals surface area contributed by atoms with Gasteiger partial charge in [0.15, 0.2) is 0 Å². The summed E-state index contributed by atoms with van der Waals surface area (Å²) in [6.45, 7) is 4.72. The molecule has 4 nitrogen and oxygen atoms in total. The molecule has 0 amide bonds. The van der Waals surface area contributed by atoms with Crippen LogP contribution in [-0.2, 0) is 0 Å². The SMILES string of the molecule is CCCNc1ncc(F)cc1-c1ccc(OC)nc1C. The second-order valence-corrected chi connectivity index (χ2v) is 4.46. The topological polar surface area (TPSA) is 47.0 Å². The van der Waals surface area contributed by atoms with E-state index in [2.05, 4.69) is 22.2 Å². The predicted octanol–water partition coefficient (Wildman–Crippen LogP) is 3.42. The molecule has 0 saturated heterocycles. The molecule has 0 bridgehead atoms. The first kappa shape index (κ1) is 14.2. The zero-order valence-electron chi connectivity index (χ0n) is 11.9. The molecule has 2 aromatic rings. The smallest absolute Gasteiger partial charge is 0.213 e. The van der Waals surface area contributed by atoms with Crippen LogP contribution in [0.1, 0.15) is 19.0 Å². The van der Waals surface area contributed by atoms with Crippen molar-refractivity contribution in [3.63, 3.8) is 0 Å². The molecule has 0 unspecified atom stereocenters. The van der Waals surface area contributed by atoms with E-state index in [1.54, 1.807) is 13.2 Å². The van der Waals surface area contributed by atoms with E-state index in [9.17, 15) is 4.39 Å². The van der Waals surface area contributed by atoms with E-state index in [0.29, 0.717) is 17.3 Å². The zero-order chi connectivity index (χ0) is 14.5. The highest BCUT2D eigenvalue weighted by Crippen LogP contribution is 2.30. The quantitative estimate of drug-likeness (QED) is 0.908. The lowest BCUT2D eigenvalue weighted by Crippen LogP contribution is -2.05. The average molecular weight is 275 g/mol. The fourth-order valence-electron chi connectivity index (χ4n) is 1.97. The first-order valence-electron chi connectivity index (χ1n) is 6.57. The van der Waals surface area contributed by atoms with Crippen LogP contribution in [0.15, 0.2) is 24.4 Å². The Kier molecular flexibility index (Phi) is 4.50. The predicted molar refractivity (Wildman–Crippen MR) is 77.5 cm³/mol. The first-order chi connectivity index (χ1) is 9.65. The molecule has 2 heterocycles. The summed E-state index contributed by atoms with van der Waals surface area (Å²) in [4.78, 5) is 8.45. The number of hydrogen-bond donors (Lipinski definition) is 1. The number of aryl methyl sites for hydroxylation is 1. The summed E-state index contributed by atoms with van der Waals surface area (Å²) < 4.78 is 18.6. The summed E-state index contributed by atoms with van der Waals surface area (Å²) >= 11 is 0. The van der Waals surface area contributed by atoms with Gasteiger partial charge in [0, 0.05) is 29.4 Å². The second kappa shape index (κ2) is 6.32. The number of anilines is 1. The molecule has 0 aliphatic carbocycles. The Bertz CT molecular complexity index is 602. The van der Waals surface area contributed by atoms with Crippen LogP contribution >= 0.6 is 0 Å². The molecule has 0 spiro atoms. The van der Waals surface area contributed by atoms with Gasteiger partial charge in [-0.25, -0.2) is 14.4 Å². The minimum absolute atomic E-state index is 0.364. The summed E-state index contributed by atoms with van der Waals surface area (Å²) in [5.41, 5.74) is 2.33. The van der Waals surface area contributed by atoms with E-state index in [1.807, 2.05) is 13.0 Å². The Morgan fingerprint density at radius 1 is 1.30 bits per heavy atom. The van der Waals surface area contributed by atoms with Gasteiger partial charge in [0.1, 0.15) is 11.6 Å². The number of rotatable bonds is 5. The molecule has 5 heteroatoms. The molecule has 2 rings (SSSR count). The third-order valence-corrected chi connectivity index (χ3v) is 2.96. The second-order valence-electron chi connectivity index (χ2n) is 4.46. The van der Waals surface area contributed by atoms with Crippen molar-refractivity contribution >= 4 is 5.82 Å². The Labute approximate surface area is 118 Å². The number of nitrogens with zero attached hydrogens (tertiary/aromatic N) is 2. The van der Waals surface area contributed by atoms with Gasteiger partial charge in [0.25, 0.3) is 0 Å². The number of halogens is 1. The van der Waals surface area contributed by atoms with Gasteiger partial charge in [-0.15, -0.1) is 0 Å². The van der Waals surface area contributed by atoms with Gasteiger partial charge >= 0.3 is 0 Å². The average Bonchev–Trinajstić information content (AvgIpc) is 2.46. The van der Waals surface area contributed by atoms with Gasteiger partial charge in [-0.05, 0) is 25.5 Å². The van der Waals surface area contributed by atoms with Crippen LogP contribution in [-0.4, -0.2) is 23.6 Å². The van der Waals surface area contributed by atoms with Crippen molar-refractivity contribution in [1.82, 2.24) is 9.97 Å². The van der Waals surface area contributed by atoms with Gasteiger partial charge in [0.2, 0.25) is 5.88 Å². The fraction of sp³-hybridized carbons (Fsp3) is 0.333. The summed E-state index contributed by atoms with van der Waals surface area (Å²) in [7, 11) is 1.57. The van der Waals surface area contributed by atoms with Crippen molar-refractivity contribution < 1.29 is 9.13 Å². The van der Waals surface area contributed by atoms with E-state index in [4.69, 9.17) is 4.74 Å². The van der Waals surface area contributed by atoms with Crippen molar-refractivity contribution in [2.75, 3.05) is 19.0 Å². The molecule has 0 aromatic carbocycles. The molecule has 2 aromatic heterocycles. The van der Waals surface area contributed by atoms with Crippen LogP contribution in [0.5, 0.6) is 5.88 Å². The molecular weight excluding hydrogens is 257 g/mol. The van der Waals surface area contributed by atoms with Crippen molar-refractivity contribution in [2.24, 2.45) is 0 Å². The van der Waals surface area contributed by atoms with Crippen molar-refractivity contribution in [1.29, 1.82) is 0 Å². The largest absolute Gasteiger partial charge is 0.481 e. The van der Waals surface area contributed by atoms with Crippen molar-refractivity contribution in [2.45, 2.75) is 20.3 Å². The normalized spacial score (nSPS) is 10.4. The lowest BCUT2D eigenvalue weighted by atomic mass is 10.1. The van der Waals surface area contributed by atoms with Gasteiger partial charge in [-0.1, -0.05) is 6.92 Å². The lowest BCUT2D eigenvalue weighted by molar-refractivity contribution is 0.397. The Hall–Kier alpha value is -2.17. The minimum Gasteiger partial charge on any atom is -0.481 e. The number of nitrogens with one attached hydrogen (secondary N) is 1. The molecule has 1 N–H and O–H groups in total. The van der Waals surface area contributed by atoms with Crippen LogP contribution in [0.25, 0.3) is 11.1 Å². The van der Waals surface area contributed by atoms with Crippen LogP contribution < -0.4 is 10.1 Å². The number of hydrogen-bond acceptors (Lipinski definition) is 4. The maximum Gasteiger partial charge on any atom is 0.213 e. The summed E-state index contributed by atoms with van der Waals surface area (Å²) in [6, 6.07) is 5.10. The van der Waals surface area contributed by atoms with Gasteiger partial charge < -0.3 is 10.1 Å². The highest BCUT2D eigenvalue weighted by atomic mass is 19.1. The lowest BCUT2D eigenvalue weighted by Gasteiger charge is -2.13. The van der Waals surface area contributed by atoms with Crippen molar-refractivity contribution in [3.05, 3.63) is 35.9 Å². The van der Waals surface area contributed by atoms with Gasteiger partial charge in [0.05, 0.1) is 13.3 Å². The molecule has 0 fully saturated rings. The molecule has 0 atom stereocenters. The van der Waals surface area contributed by atoms with E-state index in [1.165, 1.54) is 12.3 Å². The maximum absolute atomic E-state index is 13.5. The number of aromatic nitrogens is 2. The van der Waals surface area contributed by atoms with E-state index in [-0.39, 0.29) is 5.82 Å². The molecule has 0 radical (unpaired) electrons. The molecule has 0 aliphatic rings. The monoisotopic (exact) mass is 275 g/mol. The highest BCUT2D eigenvalue weighted by molar-refractivity contribution is 5.76. The molecule has 0 saturated carbocycles. The Morgan fingerprint density at radius 2 is 2.10 bits per heavy atom. The molecular formula is C15H18FN3O. The number of methoxy groups -OCH3 is 1. The summed E-state index contributed by atoms with van der Waals surface area (Å²) in [5.74, 6) is 0.847. The van der Waals surface area contributed by atoms with E-state index < -0.39 is 0 Å². The third-order valence-electron chi connectivity index (χ3n) is 2.96. The first-order valence-corrected chi connectivity index (χ1v) is 6.57.